The highest BCUT2D eigenvalue weighted by Crippen LogP contribution is 2.18. The van der Waals surface area contributed by atoms with Crippen LogP contribution in [-0.4, -0.2) is 10.5 Å². The first-order valence-electron chi connectivity index (χ1n) is 7.34. The van der Waals surface area contributed by atoms with Crippen LogP contribution in [0.5, 0.6) is 0 Å². The third-order valence-corrected chi connectivity index (χ3v) is 3.48. The first kappa shape index (κ1) is 15.7. The van der Waals surface area contributed by atoms with Gasteiger partial charge in [0.05, 0.1) is 6.20 Å². The number of rotatable bonds is 4. The largest absolute Gasteiger partial charge is 0.419 e. The fraction of sp³-hybridized carbons (Fsp3) is 0.111. The Balaban J connectivity index is 1.73. The monoisotopic (exact) mass is 326 g/mol. The van der Waals surface area contributed by atoms with E-state index in [0.717, 1.165) is 5.56 Å². The average molecular weight is 326 g/mol. The lowest BCUT2D eigenvalue weighted by atomic mass is 10.2. The molecule has 0 bridgehead atoms. The van der Waals surface area contributed by atoms with Crippen molar-refractivity contribution in [2.75, 3.05) is 5.32 Å². The summed E-state index contributed by atoms with van der Waals surface area (Å²) in [7, 11) is 0. The molecule has 0 fully saturated rings. The van der Waals surface area contributed by atoms with Gasteiger partial charge in [-0.1, -0.05) is 17.7 Å². The van der Waals surface area contributed by atoms with Crippen LogP contribution in [0, 0.1) is 12.7 Å². The molecular formula is C18H15FN2O3. The smallest absolute Gasteiger partial charge is 0.408 e. The van der Waals surface area contributed by atoms with E-state index in [2.05, 4.69) is 5.32 Å². The first-order chi connectivity index (χ1) is 11.5. The molecule has 1 aromatic heterocycles. The number of amides is 1. The van der Waals surface area contributed by atoms with Crippen molar-refractivity contribution in [1.82, 2.24) is 4.57 Å². The zero-order chi connectivity index (χ0) is 17.1. The van der Waals surface area contributed by atoms with Gasteiger partial charge in [0.1, 0.15) is 12.4 Å². The fourth-order valence-corrected chi connectivity index (χ4v) is 2.22. The molecule has 0 aliphatic rings. The maximum atomic E-state index is 12.9. The van der Waals surface area contributed by atoms with Crippen LogP contribution in [0.3, 0.4) is 0 Å². The van der Waals surface area contributed by atoms with Crippen LogP contribution in [0.1, 0.15) is 5.56 Å². The highest BCUT2D eigenvalue weighted by Gasteiger charge is 2.11. The van der Waals surface area contributed by atoms with E-state index in [1.807, 2.05) is 19.1 Å². The molecular weight excluding hydrogens is 311 g/mol. The average Bonchev–Trinajstić information content (AvgIpc) is 2.91. The van der Waals surface area contributed by atoms with E-state index in [1.54, 1.807) is 12.1 Å². The quantitative estimate of drug-likeness (QED) is 0.801. The molecule has 0 spiro atoms. The second kappa shape index (κ2) is 6.54. The zero-order valence-electron chi connectivity index (χ0n) is 13.0. The number of benzene rings is 2. The first-order valence-corrected chi connectivity index (χ1v) is 7.34. The van der Waals surface area contributed by atoms with Crippen molar-refractivity contribution in [1.29, 1.82) is 0 Å². The van der Waals surface area contributed by atoms with Gasteiger partial charge in [-0.15, -0.1) is 0 Å². The summed E-state index contributed by atoms with van der Waals surface area (Å²) >= 11 is 0. The Kier molecular flexibility index (Phi) is 4.29. The third kappa shape index (κ3) is 3.60. The molecule has 0 saturated heterocycles. The Labute approximate surface area is 137 Å². The van der Waals surface area contributed by atoms with E-state index >= 15 is 0 Å². The second-order valence-corrected chi connectivity index (χ2v) is 5.41. The molecule has 0 atom stereocenters. The topological polar surface area (TPSA) is 64.2 Å². The lowest BCUT2D eigenvalue weighted by molar-refractivity contribution is -0.116. The second-order valence-electron chi connectivity index (χ2n) is 5.41. The van der Waals surface area contributed by atoms with E-state index in [4.69, 9.17) is 4.42 Å². The molecule has 3 aromatic rings. The number of nitrogens with zero attached hydrogens (tertiary/aromatic N) is 1. The summed E-state index contributed by atoms with van der Waals surface area (Å²) in [6.07, 6.45) is 1.43. The molecule has 0 aliphatic carbocycles. The minimum absolute atomic E-state index is 0.169. The maximum absolute atomic E-state index is 12.9. The van der Waals surface area contributed by atoms with Gasteiger partial charge in [-0.3, -0.25) is 9.36 Å². The van der Waals surface area contributed by atoms with Gasteiger partial charge in [-0.25, -0.2) is 9.18 Å². The molecule has 5 nitrogen and oxygen atoms in total. The standard InChI is InChI=1S/C18H15FN2O3/c1-12-2-8-15(9-3-12)20-17(22)11-21-10-16(24-18(21)23)13-4-6-14(19)7-5-13/h2-10H,11H2,1H3,(H,20,22). The van der Waals surface area contributed by atoms with Crippen molar-refractivity contribution < 1.29 is 13.6 Å². The van der Waals surface area contributed by atoms with Gasteiger partial charge in [0.25, 0.3) is 0 Å². The molecule has 0 aliphatic heterocycles. The summed E-state index contributed by atoms with van der Waals surface area (Å²) in [5.74, 6) is -1.08. The van der Waals surface area contributed by atoms with Gasteiger partial charge < -0.3 is 9.73 Å². The van der Waals surface area contributed by atoms with E-state index in [9.17, 15) is 14.0 Å². The molecule has 0 radical (unpaired) electrons. The number of aryl methyl sites for hydroxylation is 1. The van der Waals surface area contributed by atoms with Crippen molar-refractivity contribution in [2.45, 2.75) is 13.5 Å². The van der Waals surface area contributed by atoms with Crippen molar-refractivity contribution >= 4 is 11.6 Å². The van der Waals surface area contributed by atoms with Crippen molar-refractivity contribution in [3.63, 3.8) is 0 Å². The number of hydrogen-bond donors (Lipinski definition) is 1. The Bertz CT molecular complexity index is 909. The SMILES string of the molecule is Cc1ccc(NC(=O)Cn2cc(-c3ccc(F)cc3)oc2=O)cc1. The van der Waals surface area contributed by atoms with Gasteiger partial charge in [0.2, 0.25) is 5.91 Å². The molecule has 24 heavy (non-hydrogen) atoms. The van der Waals surface area contributed by atoms with E-state index in [-0.39, 0.29) is 24.0 Å². The van der Waals surface area contributed by atoms with Crippen LogP contribution < -0.4 is 11.1 Å². The summed E-state index contributed by atoms with van der Waals surface area (Å²) in [5, 5.41) is 2.71. The van der Waals surface area contributed by atoms with Crippen LogP contribution in [0.4, 0.5) is 10.1 Å². The number of carbonyl (C=O) groups excluding carboxylic acids is 1. The molecule has 1 heterocycles. The Morgan fingerprint density at radius 3 is 2.46 bits per heavy atom. The lowest BCUT2D eigenvalue weighted by Crippen LogP contribution is -2.24. The van der Waals surface area contributed by atoms with Gasteiger partial charge >= 0.3 is 5.76 Å². The van der Waals surface area contributed by atoms with Gasteiger partial charge in [-0.2, -0.15) is 0 Å². The van der Waals surface area contributed by atoms with Crippen LogP contribution >= 0.6 is 0 Å². The summed E-state index contributed by atoms with van der Waals surface area (Å²) < 4.78 is 19.2. The fourth-order valence-electron chi connectivity index (χ4n) is 2.22. The number of nitrogens with one attached hydrogen (secondary N) is 1. The summed E-state index contributed by atoms with van der Waals surface area (Å²) in [5.41, 5.74) is 2.30. The normalized spacial score (nSPS) is 10.6. The minimum atomic E-state index is -0.645. The van der Waals surface area contributed by atoms with Crippen LogP contribution in [0.15, 0.2) is 63.9 Å². The van der Waals surface area contributed by atoms with Gasteiger partial charge in [0, 0.05) is 11.3 Å². The van der Waals surface area contributed by atoms with Crippen molar-refractivity contribution in [3.8, 4) is 11.3 Å². The summed E-state index contributed by atoms with van der Waals surface area (Å²) in [6, 6.07) is 12.9. The molecule has 0 saturated carbocycles. The molecule has 3 rings (SSSR count). The number of oxazole rings is 1. The summed E-state index contributed by atoms with van der Waals surface area (Å²) in [6.45, 7) is 1.78. The molecule has 0 unspecified atom stereocenters. The Hall–Kier alpha value is -3.15. The zero-order valence-corrected chi connectivity index (χ0v) is 13.0. The Morgan fingerprint density at radius 2 is 1.79 bits per heavy atom. The number of hydrogen-bond acceptors (Lipinski definition) is 3. The predicted molar refractivity (Wildman–Crippen MR) is 88.2 cm³/mol. The van der Waals surface area contributed by atoms with Crippen LogP contribution in [0.25, 0.3) is 11.3 Å². The molecule has 1 amide bonds. The molecule has 6 heteroatoms. The van der Waals surface area contributed by atoms with E-state index in [0.29, 0.717) is 11.3 Å². The highest BCUT2D eigenvalue weighted by atomic mass is 19.1. The Morgan fingerprint density at radius 1 is 1.12 bits per heavy atom. The molecule has 2 aromatic carbocycles. The molecule has 1 N–H and O–H groups in total. The maximum Gasteiger partial charge on any atom is 0.419 e. The van der Waals surface area contributed by atoms with E-state index < -0.39 is 5.76 Å². The molecule has 122 valence electrons. The van der Waals surface area contributed by atoms with Crippen molar-refractivity contribution in [2.24, 2.45) is 0 Å². The van der Waals surface area contributed by atoms with Crippen LogP contribution in [0.2, 0.25) is 0 Å². The lowest BCUT2D eigenvalue weighted by Gasteiger charge is -2.05. The highest BCUT2D eigenvalue weighted by molar-refractivity contribution is 5.90. The summed E-state index contributed by atoms with van der Waals surface area (Å²) in [4.78, 5) is 23.9. The van der Waals surface area contributed by atoms with E-state index in [1.165, 1.54) is 35.0 Å². The number of carbonyl (C=O) groups is 1. The van der Waals surface area contributed by atoms with Crippen LogP contribution in [-0.2, 0) is 11.3 Å². The number of aromatic nitrogens is 1. The number of halogens is 1. The predicted octanol–water partition coefficient (Wildman–Crippen LogP) is 3.19. The third-order valence-electron chi connectivity index (χ3n) is 3.48. The van der Waals surface area contributed by atoms with Gasteiger partial charge in [-0.05, 0) is 43.3 Å². The minimum Gasteiger partial charge on any atom is -0.408 e. The van der Waals surface area contributed by atoms with Gasteiger partial charge in [0.15, 0.2) is 5.76 Å². The van der Waals surface area contributed by atoms with Crippen molar-refractivity contribution in [3.05, 3.63) is 76.7 Å². The number of anilines is 1.